The van der Waals surface area contributed by atoms with Gasteiger partial charge in [-0.3, -0.25) is 19.2 Å². The van der Waals surface area contributed by atoms with Crippen molar-refractivity contribution < 1.29 is 22.7 Å². The summed E-state index contributed by atoms with van der Waals surface area (Å²) in [5, 5.41) is 5.86. The second-order valence-corrected chi connectivity index (χ2v) is 10.4. The van der Waals surface area contributed by atoms with Crippen molar-refractivity contribution in [3.05, 3.63) is 48.1 Å². The molecule has 1 unspecified atom stereocenters. The number of aromatic nitrogens is 3. The smallest absolute Gasteiger partial charge is 0.357 e. The SMILES string of the molecule is Cc1nc(N2C=CC(OCC3(C(F)(F)F)CC3)N2)ccc1C(=O)NSc1cnn(C(C)(C)C)c1. The topological polar surface area (TPSA) is 84.3 Å². The summed E-state index contributed by atoms with van der Waals surface area (Å²) < 4.78 is 49.3. The lowest BCUT2D eigenvalue weighted by atomic mass is 10.1. The first-order valence-electron chi connectivity index (χ1n) is 10.8. The van der Waals surface area contributed by atoms with E-state index in [1.807, 2.05) is 31.6 Å². The van der Waals surface area contributed by atoms with E-state index < -0.39 is 17.8 Å². The number of hydrogen-bond donors (Lipinski definition) is 2. The summed E-state index contributed by atoms with van der Waals surface area (Å²) in [6.45, 7) is 7.44. The molecule has 1 atom stereocenters. The van der Waals surface area contributed by atoms with Gasteiger partial charge in [-0.15, -0.1) is 0 Å². The second kappa shape index (κ2) is 8.90. The first-order valence-corrected chi connectivity index (χ1v) is 11.6. The Labute approximate surface area is 200 Å². The molecule has 4 rings (SSSR count). The van der Waals surface area contributed by atoms with E-state index in [0.717, 1.165) is 4.90 Å². The Bertz CT molecular complexity index is 1090. The highest BCUT2D eigenvalue weighted by Gasteiger charge is 2.63. The summed E-state index contributed by atoms with van der Waals surface area (Å²) in [7, 11) is 0. The number of amides is 1. The summed E-state index contributed by atoms with van der Waals surface area (Å²) in [4.78, 5) is 17.9. The van der Waals surface area contributed by atoms with Crippen LogP contribution in [0.15, 0.2) is 41.7 Å². The van der Waals surface area contributed by atoms with Crippen molar-refractivity contribution in [3.63, 3.8) is 0 Å². The Balaban J connectivity index is 1.31. The van der Waals surface area contributed by atoms with Gasteiger partial charge < -0.3 is 4.74 Å². The Kier molecular flexibility index (Phi) is 6.42. The van der Waals surface area contributed by atoms with Gasteiger partial charge in [-0.1, -0.05) is 0 Å². The van der Waals surface area contributed by atoms with Crippen LogP contribution in [0.25, 0.3) is 0 Å². The maximum atomic E-state index is 13.1. The van der Waals surface area contributed by atoms with Crippen LogP contribution in [0, 0.1) is 12.3 Å². The first kappa shape index (κ1) is 24.6. The third kappa shape index (κ3) is 5.23. The van der Waals surface area contributed by atoms with Crippen molar-refractivity contribution in [2.45, 2.75) is 63.4 Å². The number of carbonyl (C=O) groups is 1. The molecule has 1 aliphatic carbocycles. The number of carbonyl (C=O) groups excluding carboxylic acids is 1. The molecule has 0 radical (unpaired) electrons. The minimum absolute atomic E-state index is 0.0954. The lowest BCUT2D eigenvalue weighted by molar-refractivity contribution is -0.204. The zero-order valence-corrected chi connectivity index (χ0v) is 20.1. The number of nitrogens with zero attached hydrogens (tertiary/aromatic N) is 4. The molecule has 1 saturated carbocycles. The van der Waals surface area contributed by atoms with Crippen molar-refractivity contribution in [1.29, 1.82) is 0 Å². The van der Waals surface area contributed by atoms with Gasteiger partial charge >= 0.3 is 6.18 Å². The maximum absolute atomic E-state index is 13.1. The Morgan fingerprint density at radius 2 is 2.06 bits per heavy atom. The molecule has 2 aliphatic rings. The van der Waals surface area contributed by atoms with Gasteiger partial charge in [-0.05, 0) is 70.7 Å². The Hall–Kier alpha value is -2.57. The molecule has 184 valence electrons. The summed E-state index contributed by atoms with van der Waals surface area (Å²) in [5.74, 6) is 0.200. The second-order valence-electron chi connectivity index (χ2n) is 9.48. The fourth-order valence-electron chi connectivity index (χ4n) is 3.34. The van der Waals surface area contributed by atoms with Gasteiger partial charge in [-0.25, -0.2) is 4.98 Å². The molecule has 1 fully saturated rings. The summed E-state index contributed by atoms with van der Waals surface area (Å²) >= 11 is 1.17. The molecule has 0 bridgehead atoms. The van der Waals surface area contributed by atoms with Gasteiger partial charge in [0.15, 0.2) is 0 Å². The molecule has 8 nitrogen and oxygen atoms in total. The van der Waals surface area contributed by atoms with Gasteiger partial charge in [0.1, 0.15) is 12.0 Å². The number of anilines is 1. The molecular weight excluding hydrogens is 469 g/mol. The number of alkyl halides is 3. The molecule has 34 heavy (non-hydrogen) atoms. The van der Waals surface area contributed by atoms with Crippen LogP contribution in [0.5, 0.6) is 0 Å². The van der Waals surface area contributed by atoms with E-state index in [-0.39, 0.29) is 30.9 Å². The number of hydrazine groups is 1. The molecule has 1 amide bonds. The molecule has 1 aliphatic heterocycles. The van der Waals surface area contributed by atoms with Crippen LogP contribution in [0.2, 0.25) is 0 Å². The molecular formula is C22H27F3N6O2S. The van der Waals surface area contributed by atoms with Gasteiger partial charge in [0.25, 0.3) is 5.91 Å². The third-order valence-electron chi connectivity index (χ3n) is 5.74. The minimum atomic E-state index is -4.25. The lowest BCUT2D eigenvalue weighted by Gasteiger charge is -2.23. The quantitative estimate of drug-likeness (QED) is 0.553. The third-order valence-corrected chi connectivity index (χ3v) is 6.47. The molecule has 0 spiro atoms. The molecule has 0 saturated heterocycles. The number of ether oxygens (including phenoxy) is 1. The van der Waals surface area contributed by atoms with Crippen molar-refractivity contribution in [1.82, 2.24) is 24.9 Å². The number of hydrogen-bond acceptors (Lipinski definition) is 7. The van der Waals surface area contributed by atoms with Crippen molar-refractivity contribution in [3.8, 4) is 0 Å². The monoisotopic (exact) mass is 496 g/mol. The first-order chi connectivity index (χ1) is 15.9. The zero-order chi connectivity index (χ0) is 24.7. The van der Waals surface area contributed by atoms with E-state index in [4.69, 9.17) is 4.74 Å². The predicted octanol–water partition coefficient (Wildman–Crippen LogP) is 4.30. The van der Waals surface area contributed by atoms with Gasteiger partial charge in [-0.2, -0.15) is 23.7 Å². The van der Waals surface area contributed by atoms with E-state index in [1.165, 1.54) is 11.9 Å². The highest BCUT2D eigenvalue weighted by molar-refractivity contribution is 7.98. The molecule has 2 N–H and O–H groups in total. The Morgan fingerprint density at radius 1 is 1.32 bits per heavy atom. The fraction of sp³-hybridized carbons (Fsp3) is 0.500. The Morgan fingerprint density at radius 3 is 2.65 bits per heavy atom. The summed E-state index contributed by atoms with van der Waals surface area (Å²) in [5.41, 5.74) is 2.00. The van der Waals surface area contributed by atoms with Gasteiger partial charge in [0.2, 0.25) is 0 Å². The average molecular weight is 497 g/mol. The largest absolute Gasteiger partial charge is 0.396 e. The standard InChI is InChI=1S/C22H27F3N6O2S/c1-14-16(19(32)29-34-15-11-26-31(12-15)20(2,3)4)5-6-17(27-14)30-10-7-18(28-30)33-13-21(8-9-21)22(23,24)25/h5-7,10-12,18,28H,8-9,13H2,1-4H3,(H,29,32). The zero-order valence-electron chi connectivity index (χ0n) is 19.3. The van der Waals surface area contributed by atoms with E-state index >= 15 is 0 Å². The van der Waals surface area contributed by atoms with Crippen LogP contribution in [0.1, 0.15) is 49.7 Å². The number of halogens is 3. The number of nitrogens with one attached hydrogen (secondary N) is 2. The summed E-state index contributed by atoms with van der Waals surface area (Å²) in [6.07, 6.45) is 2.07. The maximum Gasteiger partial charge on any atom is 0.396 e. The van der Waals surface area contributed by atoms with Crippen LogP contribution >= 0.6 is 11.9 Å². The van der Waals surface area contributed by atoms with Crippen molar-refractivity contribution in [2.24, 2.45) is 5.41 Å². The van der Waals surface area contributed by atoms with E-state index in [9.17, 15) is 18.0 Å². The van der Waals surface area contributed by atoms with Crippen LogP contribution in [-0.2, 0) is 10.3 Å². The predicted molar refractivity (Wildman–Crippen MR) is 122 cm³/mol. The highest BCUT2D eigenvalue weighted by Crippen LogP contribution is 2.57. The molecule has 3 heterocycles. The lowest BCUT2D eigenvalue weighted by Crippen LogP contribution is -2.40. The van der Waals surface area contributed by atoms with Crippen molar-refractivity contribution >= 4 is 23.7 Å². The van der Waals surface area contributed by atoms with Gasteiger partial charge in [0, 0.05) is 12.4 Å². The van der Waals surface area contributed by atoms with Crippen LogP contribution in [-0.4, -0.2) is 39.7 Å². The highest BCUT2D eigenvalue weighted by atomic mass is 32.2. The van der Waals surface area contributed by atoms with E-state index in [2.05, 4.69) is 20.2 Å². The van der Waals surface area contributed by atoms with Crippen LogP contribution in [0.3, 0.4) is 0 Å². The average Bonchev–Trinajstić information content (AvgIpc) is 3.18. The molecule has 2 aromatic rings. The van der Waals surface area contributed by atoms with E-state index in [1.54, 1.807) is 42.5 Å². The normalized spacial score (nSPS) is 19.5. The minimum Gasteiger partial charge on any atom is -0.357 e. The summed E-state index contributed by atoms with van der Waals surface area (Å²) in [6, 6.07) is 3.31. The molecule has 2 aromatic heterocycles. The molecule has 12 heteroatoms. The van der Waals surface area contributed by atoms with E-state index in [0.29, 0.717) is 17.1 Å². The number of rotatable bonds is 7. The number of pyridine rings is 1. The molecule has 0 aromatic carbocycles. The fourth-order valence-corrected chi connectivity index (χ4v) is 3.91. The van der Waals surface area contributed by atoms with Crippen LogP contribution in [0.4, 0.5) is 19.0 Å². The number of aryl methyl sites for hydroxylation is 1. The van der Waals surface area contributed by atoms with Crippen LogP contribution < -0.4 is 15.2 Å². The van der Waals surface area contributed by atoms with Gasteiger partial charge in [0.05, 0.1) is 39.9 Å². The van der Waals surface area contributed by atoms with Crippen molar-refractivity contribution in [2.75, 3.05) is 11.6 Å².